The number of methoxy groups -OCH3 is 1. The first-order chi connectivity index (χ1) is 18.4. The van der Waals surface area contributed by atoms with E-state index in [1.54, 1.807) is 49.4 Å². The minimum Gasteiger partial charge on any atom is -0.493 e. The van der Waals surface area contributed by atoms with E-state index in [0.29, 0.717) is 40.6 Å². The van der Waals surface area contributed by atoms with E-state index < -0.39 is 11.9 Å². The van der Waals surface area contributed by atoms with E-state index in [1.165, 1.54) is 7.11 Å². The summed E-state index contributed by atoms with van der Waals surface area (Å²) >= 11 is 0. The lowest BCUT2D eigenvalue weighted by molar-refractivity contribution is 0.0702. The number of rotatable bonds is 7. The van der Waals surface area contributed by atoms with E-state index in [1.807, 2.05) is 24.3 Å². The van der Waals surface area contributed by atoms with Crippen LogP contribution in [-0.4, -0.2) is 19.7 Å². The number of hydrogen-bond acceptors (Lipinski definition) is 8. The molecule has 5 rings (SSSR count). The average Bonchev–Trinajstić information content (AvgIpc) is 3.27. The van der Waals surface area contributed by atoms with E-state index in [4.69, 9.17) is 29.1 Å². The van der Waals surface area contributed by atoms with Gasteiger partial charge in [-0.3, -0.25) is 0 Å². The third-order valence-electron chi connectivity index (χ3n) is 6.31. The van der Waals surface area contributed by atoms with Gasteiger partial charge in [0.05, 0.1) is 13.0 Å². The minimum absolute atomic E-state index is 0.0347. The van der Waals surface area contributed by atoms with E-state index in [-0.39, 0.29) is 23.0 Å². The number of ether oxygens (including phenoxy) is 4. The van der Waals surface area contributed by atoms with E-state index in [0.717, 1.165) is 10.9 Å². The van der Waals surface area contributed by atoms with Gasteiger partial charge in [-0.15, -0.1) is 0 Å². The zero-order chi connectivity index (χ0) is 26.8. The standard InChI is InChI=1S/C30H24N2O6/c1-4-13-35-24-12-9-18(14-26(24)34-3)27-21-11-10-19(15-25(21)38-29(32)22(27)16-31)36-30(33)28-17(2)20-7-5-6-8-23(20)37-28/h4-12,14-15,27H,1,13,32H2,2-3H3. The molecule has 1 unspecified atom stereocenters. The topological polar surface area (TPSA) is 117 Å². The maximum atomic E-state index is 12.9. The molecule has 1 atom stereocenters. The Morgan fingerprint density at radius 1 is 1.16 bits per heavy atom. The van der Waals surface area contributed by atoms with Crippen LogP contribution in [0.15, 0.2) is 89.2 Å². The Morgan fingerprint density at radius 2 is 1.97 bits per heavy atom. The fourth-order valence-corrected chi connectivity index (χ4v) is 4.50. The number of esters is 1. The van der Waals surface area contributed by atoms with E-state index >= 15 is 0 Å². The summed E-state index contributed by atoms with van der Waals surface area (Å²) in [6, 6.07) is 19.9. The number of furan rings is 1. The molecule has 2 heterocycles. The summed E-state index contributed by atoms with van der Waals surface area (Å²) < 4.78 is 28.3. The highest BCUT2D eigenvalue weighted by Crippen LogP contribution is 2.45. The largest absolute Gasteiger partial charge is 0.493 e. The van der Waals surface area contributed by atoms with Crippen LogP contribution >= 0.6 is 0 Å². The van der Waals surface area contributed by atoms with Gasteiger partial charge in [0, 0.05) is 22.6 Å². The number of nitriles is 1. The van der Waals surface area contributed by atoms with Crippen molar-refractivity contribution in [2.75, 3.05) is 13.7 Å². The Kier molecular flexibility index (Phi) is 6.50. The van der Waals surface area contributed by atoms with Crippen LogP contribution in [0.5, 0.6) is 23.0 Å². The molecule has 0 fully saturated rings. The molecule has 0 aliphatic carbocycles. The number of fused-ring (bicyclic) bond motifs is 2. The Labute approximate surface area is 219 Å². The highest BCUT2D eigenvalue weighted by molar-refractivity contribution is 5.96. The van der Waals surface area contributed by atoms with Crippen molar-refractivity contribution in [3.63, 3.8) is 0 Å². The molecule has 1 aromatic heterocycles. The number of aryl methyl sites for hydroxylation is 1. The Balaban J connectivity index is 1.48. The van der Waals surface area contributed by atoms with Crippen LogP contribution in [0.1, 0.15) is 33.2 Å². The number of nitrogens with two attached hydrogens (primary N) is 1. The lowest BCUT2D eigenvalue weighted by Crippen LogP contribution is -2.21. The van der Waals surface area contributed by atoms with Crippen molar-refractivity contribution < 1.29 is 28.2 Å². The molecule has 8 nitrogen and oxygen atoms in total. The van der Waals surface area contributed by atoms with Crippen LogP contribution in [0.4, 0.5) is 0 Å². The maximum absolute atomic E-state index is 12.9. The lowest BCUT2D eigenvalue weighted by atomic mass is 9.83. The van der Waals surface area contributed by atoms with Crippen LogP contribution in [0, 0.1) is 18.3 Å². The molecule has 3 aromatic carbocycles. The van der Waals surface area contributed by atoms with Gasteiger partial charge in [0.15, 0.2) is 11.5 Å². The number of allylic oxidation sites excluding steroid dienone is 1. The number of nitrogens with zero attached hydrogens (tertiary/aromatic N) is 1. The molecule has 0 bridgehead atoms. The predicted molar refractivity (Wildman–Crippen MR) is 140 cm³/mol. The monoisotopic (exact) mass is 508 g/mol. The zero-order valence-corrected chi connectivity index (χ0v) is 20.8. The minimum atomic E-state index is -0.632. The second kappa shape index (κ2) is 10.1. The molecule has 0 saturated carbocycles. The summed E-state index contributed by atoms with van der Waals surface area (Å²) in [6.45, 7) is 5.79. The third-order valence-corrected chi connectivity index (χ3v) is 6.31. The average molecular weight is 509 g/mol. The van der Waals surface area contributed by atoms with Crippen LogP contribution < -0.4 is 24.7 Å². The van der Waals surface area contributed by atoms with Gasteiger partial charge in [0.2, 0.25) is 11.6 Å². The van der Waals surface area contributed by atoms with Crippen molar-refractivity contribution in [1.82, 2.24) is 0 Å². The molecule has 1 aliphatic heterocycles. The molecule has 4 aromatic rings. The second-order valence-corrected chi connectivity index (χ2v) is 8.58. The van der Waals surface area contributed by atoms with Crippen molar-refractivity contribution in [3.05, 3.63) is 107 Å². The van der Waals surface area contributed by atoms with Gasteiger partial charge < -0.3 is 29.1 Å². The summed E-state index contributed by atoms with van der Waals surface area (Å²) in [4.78, 5) is 12.9. The molecule has 0 radical (unpaired) electrons. The predicted octanol–water partition coefficient (Wildman–Crippen LogP) is 5.75. The van der Waals surface area contributed by atoms with Crippen LogP contribution in [0.25, 0.3) is 11.0 Å². The quantitative estimate of drug-likeness (QED) is 0.190. The Morgan fingerprint density at radius 3 is 2.71 bits per heavy atom. The summed E-state index contributed by atoms with van der Waals surface area (Å²) in [5.41, 5.74) is 9.13. The molecule has 1 aliphatic rings. The van der Waals surface area contributed by atoms with Crippen molar-refractivity contribution in [2.45, 2.75) is 12.8 Å². The molecule has 2 N–H and O–H groups in total. The van der Waals surface area contributed by atoms with Crippen LogP contribution in [0.2, 0.25) is 0 Å². The molecule has 190 valence electrons. The van der Waals surface area contributed by atoms with Gasteiger partial charge in [-0.2, -0.15) is 5.26 Å². The summed E-state index contributed by atoms with van der Waals surface area (Å²) in [5, 5.41) is 10.7. The van der Waals surface area contributed by atoms with Gasteiger partial charge in [-0.25, -0.2) is 4.79 Å². The SMILES string of the molecule is C=CCOc1ccc(C2C(C#N)=C(N)Oc3cc(OC(=O)c4oc5ccccc5c4C)ccc32)cc1OC. The van der Waals surface area contributed by atoms with E-state index in [2.05, 4.69) is 12.6 Å². The van der Waals surface area contributed by atoms with Crippen molar-refractivity contribution in [1.29, 1.82) is 5.26 Å². The molecule has 8 heteroatoms. The summed E-state index contributed by atoms with van der Waals surface area (Å²) in [6.07, 6.45) is 1.64. The van der Waals surface area contributed by atoms with Crippen LogP contribution in [-0.2, 0) is 0 Å². The highest BCUT2D eigenvalue weighted by Gasteiger charge is 2.32. The van der Waals surface area contributed by atoms with E-state index in [9.17, 15) is 10.1 Å². The molecule has 0 spiro atoms. The summed E-state index contributed by atoms with van der Waals surface area (Å²) in [5.74, 6) is 0.574. The smallest absolute Gasteiger partial charge is 0.379 e. The molecule has 0 saturated heterocycles. The van der Waals surface area contributed by atoms with Crippen molar-refractivity contribution in [2.24, 2.45) is 5.73 Å². The molecule has 0 amide bonds. The second-order valence-electron chi connectivity index (χ2n) is 8.58. The first kappa shape index (κ1) is 24.5. The first-order valence-corrected chi connectivity index (χ1v) is 11.8. The third kappa shape index (κ3) is 4.31. The number of para-hydroxylation sites is 1. The number of benzene rings is 3. The summed E-state index contributed by atoms with van der Waals surface area (Å²) in [7, 11) is 1.54. The molecule has 38 heavy (non-hydrogen) atoms. The zero-order valence-electron chi connectivity index (χ0n) is 20.8. The van der Waals surface area contributed by atoms with Gasteiger partial charge in [-0.1, -0.05) is 43.0 Å². The van der Waals surface area contributed by atoms with Gasteiger partial charge in [-0.05, 0) is 36.8 Å². The Bertz CT molecular complexity index is 1640. The normalized spacial score (nSPS) is 14.3. The number of carbonyl (C=O) groups excluding carboxylic acids is 1. The molecular weight excluding hydrogens is 484 g/mol. The van der Waals surface area contributed by atoms with Gasteiger partial charge >= 0.3 is 5.97 Å². The lowest BCUT2D eigenvalue weighted by Gasteiger charge is -2.27. The van der Waals surface area contributed by atoms with Crippen molar-refractivity contribution in [3.8, 4) is 29.1 Å². The Hall–Kier alpha value is -5.16. The number of carbonyl (C=O) groups is 1. The van der Waals surface area contributed by atoms with Crippen molar-refractivity contribution >= 4 is 16.9 Å². The molecular formula is C30H24N2O6. The maximum Gasteiger partial charge on any atom is 0.379 e. The van der Waals surface area contributed by atoms with Crippen LogP contribution in [0.3, 0.4) is 0 Å². The first-order valence-electron chi connectivity index (χ1n) is 11.8. The highest BCUT2D eigenvalue weighted by atomic mass is 16.5. The van der Waals surface area contributed by atoms with Gasteiger partial charge in [0.25, 0.3) is 0 Å². The fraction of sp³-hybridized carbons (Fsp3) is 0.133. The number of hydrogen-bond donors (Lipinski definition) is 1. The van der Waals surface area contributed by atoms with Gasteiger partial charge in [0.1, 0.15) is 35.3 Å². The fourth-order valence-electron chi connectivity index (χ4n) is 4.50.